The fourth-order valence-corrected chi connectivity index (χ4v) is 6.77. The van der Waals surface area contributed by atoms with Crippen molar-refractivity contribution >= 4 is 27.3 Å². The minimum atomic E-state index is -0.189. The van der Waals surface area contributed by atoms with E-state index in [0.29, 0.717) is 19.1 Å². The third kappa shape index (κ3) is 7.14. The van der Waals surface area contributed by atoms with Crippen LogP contribution in [0.1, 0.15) is 37.1 Å². The maximum Gasteiger partial charge on any atom is 0.225 e. The maximum atomic E-state index is 13.0. The molecule has 0 unspecified atom stereocenters. The van der Waals surface area contributed by atoms with E-state index in [2.05, 4.69) is 90.2 Å². The van der Waals surface area contributed by atoms with Crippen molar-refractivity contribution in [2.24, 2.45) is 5.92 Å². The first-order valence-corrected chi connectivity index (χ1v) is 14.7. The highest BCUT2D eigenvalue weighted by Gasteiger charge is 2.35. The van der Waals surface area contributed by atoms with E-state index in [1.54, 1.807) is 0 Å². The first-order valence-electron chi connectivity index (χ1n) is 13.9. The van der Waals surface area contributed by atoms with E-state index in [-0.39, 0.29) is 11.5 Å². The van der Waals surface area contributed by atoms with Gasteiger partial charge in [0.1, 0.15) is 12.4 Å². The molecule has 1 aromatic heterocycles. The van der Waals surface area contributed by atoms with Crippen LogP contribution in [0.4, 0.5) is 0 Å². The molecule has 0 spiro atoms. The van der Waals surface area contributed by atoms with Crippen LogP contribution in [-0.4, -0.2) is 79.2 Å². The van der Waals surface area contributed by atoms with Gasteiger partial charge in [0, 0.05) is 67.9 Å². The first kappa shape index (κ1) is 27.1. The number of hydrogen-bond acceptors (Lipinski definition) is 6. The molecule has 6 nitrogen and oxygen atoms in total. The average molecular weight is 536 g/mol. The number of rotatable bonds is 9. The second kappa shape index (κ2) is 12.2. The highest BCUT2D eigenvalue weighted by Crippen LogP contribution is 2.30. The Bertz CT molecular complexity index is 1170. The Morgan fingerprint density at radius 1 is 1.08 bits per heavy atom. The van der Waals surface area contributed by atoms with Crippen LogP contribution in [0.15, 0.2) is 54.6 Å². The third-order valence-corrected chi connectivity index (χ3v) is 8.79. The van der Waals surface area contributed by atoms with E-state index >= 15 is 0 Å². The van der Waals surface area contributed by atoms with E-state index in [1.165, 1.54) is 20.5 Å². The van der Waals surface area contributed by atoms with Gasteiger partial charge in [-0.15, -0.1) is 11.3 Å². The second-order valence-corrected chi connectivity index (χ2v) is 12.5. The van der Waals surface area contributed by atoms with Crippen LogP contribution >= 0.6 is 11.3 Å². The molecule has 204 valence electrons. The summed E-state index contributed by atoms with van der Waals surface area (Å²) in [6.07, 6.45) is 1.66. The molecule has 2 saturated heterocycles. The molecule has 7 heteroatoms. The van der Waals surface area contributed by atoms with Crippen molar-refractivity contribution in [2.75, 3.05) is 53.0 Å². The lowest BCUT2D eigenvalue weighted by molar-refractivity contribution is -0.147. The molecule has 3 heterocycles. The van der Waals surface area contributed by atoms with E-state index in [1.807, 2.05) is 11.3 Å². The quantitative estimate of drug-likeness (QED) is 0.374. The molecule has 3 aromatic rings. The van der Waals surface area contributed by atoms with Gasteiger partial charge in [-0.25, -0.2) is 0 Å². The monoisotopic (exact) mass is 535 g/mol. The molecule has 0 aliphatic carbocycles. The predicted octanol–water partition coefficient (Wildman–Crippen LogP) is 5.26. The first-order chi connectivity index (χ1) is 18.3. The SMILES string of the molecule is CN(Cc1ccc(OCCN2CCN(C(=O)[C@@H]3CCOC(C)(C)C3)CC2)cc1)Cc1cc2ccccc2s1. The highest BCUT2D eigenvalue weighted by atomic mass is 32.1. The number of amides is 1. The van der Waals surface area contributed by atoms with Crippen LogP contribution in [-0.2, 0) is 22.6 Å². The van der Waals surface area contributed by atoms with Gasteiger partial charge < -0.3 is 14.4 Å². The Morgan fingerprint density at radius 2 is 1.84 bits per heavy atom. The second-order valence-electron chi connectivity index (χ2n) is 11.4. The van der Waals surface area contributed by atoms with Crippen molar-refractivity contribution in [3.8, 4) is 5.75 Å². The fraction of sp³-hybridized carbons (Fsp3) is 0.516. The number of piperazine rings is 1. The molecule has 1 atom stereocenters. The number of thiophene rings is 1. The van der Waals surface area contributed by atoms with Gasteiger partial charge in [-0.2, -0.15) is 0 Å². The van der Waals surface area contributed by atoms with Gasteiger partial charge in [0.2, 0.25) is 5.91 Å². The van der Waals surface area contributed by atoms with Crippen LogP contribution in [0.2, 0.25) is 0 Å². The summed E-state index contributed by atoms with van der Waals surface area (Å²) in [5, 5.41) is 1.33. The lowest BCUT2D eigenvalue weighted by Crippen LogP contribution is -2.52. The number of benzene rings is 2. The van der Waals surface area contributed by atoms with Gasteiger partial charge >= 0.3 is 0 Å². The molecule has 0 bridgehead atoms. The maximum absolute atomic E-state index is 13.0. The Kier molecular flexibility index (Phi) is 8.68. The summed E-state index contributed by atoms with van der Waals surface area (Å²) in [7, 11) is 2.17. The zero-order valence-corrected chi connectivity index (χ0v) is 23.8. The Hall–Kier alpha value is -2.45. The zero-order chi connectivity index (χ0) is 26.5. The summed E-state index contributed by atoms with van der Waals surface area (Å²) in [5.41, 5.74) is 1.10. The standard InChI is InChI=1S/C31H41N3O3S/c1-31(2)21-26(12-18-37-31)30(35)34-15-13-33(14-16-34)17-19-36-27-10-8-24(9-11-27)22-32(3)23-28-20-25-6-4-5-7-29(25)38-28/h4-11,20,26H,12-19,21-23H2,1-3H3/t26-/m1/s1. The number of ether oxygens (including phenoxy) is 2. The van der Waals surface area contributed by atoms with Crippen molar-refractivity contribution in [3.63, 3.8) is 0 Å². The minimum absolute atomic E-state index is 0.104. The molecule has 0 radical (unpaired) electrons. The van der Waals surface area contributed by atoms with E-state index < -0.39 is 0 Å². The van der Waals surface area contributed by atoms with Gasteiger partial charge in [0.05, 0.1) is 5.60 Å². The van der Waals surface area contributed by atoms with Crippen LogP contribution in [0.3, 0.4) is 0 Å². The van der Waals surface area contributed by atoms with Crippen molar-refractivity contribution in [3.05, 3.63) is 65.0 Å². The van der Waals surface area contributed by atoms with Crippen molar-refractivity contribution in [1.82, 2.24) is 14.7 Å². The number of hydrogen-bond donors (Lipinski definition) is 0. The van der Waals surface area contributed by atoms with Crippen molar-refractivity contribution < 1.29 is 14.3 Å². The van der Waals surface area contributed by atoms with Crippen LogP contribution in [0.25, 0.3) is 10.1 Å². The molecule has 2 aliphatic heterocycles. The molecular formula is C31H41N3O3S. The largest absolute Gasteiger partial charge is 0.492 e. The zero-order valence-electron chi connectivity index (χ0n) is 23.0. The minimum Gasteiger partial charge on any atom is -0.492 e. The lowest BCUT2D eigenvalue weighted by atomic mass is 9.87. The van der Waals surface area contributed by atoms with Gasteiger partial charge in [-0.05, 0) is 69.0 Å². The number of nitrogens with zero attached hydrogens (tertiary/aromatic N) is 3. The van der Waals surface area contributed by atoms with E-state index in [4.69, 9.17) is 9.47 Å². The summed E-state index contributed by atoms with van der Waals surface area (Å²) < 4.78 is 13.2. The molecular weight excluding hydrogens is 494 g/mol. The normalized spacial score (nSPS) is 20.2. The Balaban J connectivity index is 1.00. The number of carbonyl (C=O) groups is 1. The van der Waals surface area contributed by atoms with Crippen molar-refractivity contribution in [1.29, 1.82) is 0 Å². The van der Waals surface area contributed by atoms with Gasteiger partial charge in [0.25, 0.3) is 0 Å². The summed E-state index contributed by atoms with van der Waals surface area (Å²) >= 11 is 1.88. The molecule has 2 fully saturated rings. The molecule has 2 aliphatic rings. The van der Waals surface area contributed by atoms with Crippen LogP contribution < -0.4 is 4.74 Å². The smallest absolute Gasteiger partial charge is 0.225 e. The van der Waals surface area contributed by atoms with E-state index in [9.17, 15) is 4.79 Å². The van der Waals surface area contributed by atoms with Gasteiger partial charge in [-0.3, -0.25) is 14.6 Å². The van der Waals surface area contributed by atoms with Gasteiger partial charge in [-0.1, -0.05) is 30.3 Å². The molecule has 0 saturated carbocycles. The highest BCUT2D eigenvalue weighted by molar-refractivity contribution is 7.19. The Morgan fingerprint density at radius 3 is 2.58 bits per heavy atom. The van der Waals surface area contributed by atoms with Gasteiger partial charge in [0.15, 0.2) is 0 Å². The summed E-state index contributed by atoms with van der Waals surface area (Å²) in [6, 6.07) is 19.4. The number of carbonyl (C=O) groups excluding carboxylic acids is 1. The summed E-state index contributed by atoms with van der Waals surface area (Å²) in [6.45, 7) is 11.7. The molecule has 5 rings (SSSR count). The molecule has 38 heavy (non-hydrogen) atoms. The Labute approximate surface area is 231 Å². The predicted molar refractivity (Wildman–Crippen MR) is 155 cm³/mol. The molecule has 0 N–H and O–H groups in total. The van der Waals surface area contributed by atoms with Crippen LogP contribution in [0.5, 0.6) is 5.75 Å². The topological polar surface area (TPSA) is 45.2 Å². The molecule has 2 aromatic carbocycles. The van der Waals surface area contributed by atoms with E-state index in [0.717, 1.165) is 64.4 Å². The van der Waals surface area contributed by atoms with Crippen LogP contribution in [0, 0.1) is 5.92 Å². The average Bonchev–Trinajstić information content (AvgIpc) is 3.31. The number of fused-ring (bicyclic) bond motifs is 1. The fourth-order valence-electron chi connectivity index (χ4n) is 5.62. The summed E-state index contributed by atoms with van der Waals surface area (Å²) in [5.74, 6) is 1.33. The molecule has 1 amide bonds. The lowest BCUT2D eigenvalue weighted by Gasteiger charge is -2.40. The third-order valence-electron chi connectivity index (χ3n) is 7.68. The van der Waals surface area contributed by atoms with Crippen molar-refractivity contribution in [2.45, 2.75) is 45.4 Å². The summed E-state index contributed by atoms with van der Waals surface area (Å²) in [4.78, 5) is 21.2.